The highest BCUT2D eigenvalue weighted by molar-refractivity contribution is 4.84. The average molecular weight is 183 g/mol. The van der Waals surface area contributed by atoms with Crippen molar-refractivity contribution < 1.29 is 0 Å². The van der Waals surface area contributed by atoms with Gasteiger partial charge in [-0.25, -0.2) is 0 Å². The normalized spacial score (nSPS) is 35.3. The Kier molecular flexibility index (Phi) is 3.78. The lowest BCUT2D eigenvalue weighted by molar-refractivity contribution is 0.143. The second-order valence-corrected chi connectivity index (χ2v) is 5.42. The predicted octanol–water partition coefficient (Wildman–Crippen LogP) is 3.06. The van der Waals surface area contributed by atoms with Crippen molar-refractivity contribution in [3.05, 3.63) is 0 Å². The molecule has 1 aliphatic rings. The van der Waals surface area contributed by atoms with Gasteiger partial charge in [-0.1, -0.05) is 20.8 Å². The molecule has 0 aromatic heterocycles. The largest absolute Gasteiger partial charge is 0.319 e. The summed E-state index contributed by atoms with van der Waals surface area (Å²) >= 11 is 0. The Balaban J connectivity index is 2.37. The summed E-state index contributed by atoms with van der Waals surface area (Å²) in [5.41, 5.74) is 0.583. The highest BCUT2D eigenvalue weighted by Crippen LogP contribution is 2.40. The number of hydrogen-bond donors (Lipinski definition) is 1. The minimum atomic E-state index is 0.583. The Labute approximate surface area is 83.3 Å². The summed E-state index contributed by atoms with van der Waals surface area (Å²) < 4.78 is 0. The van der Waals surface area contributed by atoms with Gasteiger partial charge in [-0.15, -0.1) is 0 Å². The monoisotopic (exact) mass is 183 g/mol. The smallest absolute Gasteiger partial charge is 0.000216 e. The zero-order valence-electron chi connectivity index (χ0n) is 9.69. The lowest BCUT2D eigenvalue weighted by Crippen LogP contribution is -2.34. The fourth-order valence-electron chi connectivity index (χ4n) is 2.61. The standard InChI is InChI=1S/C12H25N/c1-10(2)11-5-7-12(3,8-6-11)9-13-4/h10-11,13H,5-9H2,1-4H3. The van der Waals surface area contributed by atoms with Crippen molar-refractivity contribution in [2.45, 2.75) is 46.5 Å². The Morgan fingerprint density at radius 2 is 1.85 bits per heavy atom. The van der Waals surface area contributed by atoms with Crippen LogP contribution in [0.3, 0.4) is 0 Å². The Bertz CT molecular complexity index is 143. The zero-order valence-corrected chi connectivity index (χ0v) is 9.69. The first-order valence-electron chi connectivity index (χ1n) is 5.72. The van der Waals surface area contributed by atoms with Crippen LogP contribution in [0.2, 0.25) is 0 Å². The molecule has 1 saturated carbocycles. The third kappa shape index (κ3) is 2.98. The molecule has 13 heavy (non-hydrogen) atoms. The molecule has 0 spiro atoms. The molecule has 0 amide bonds. The van der Waals surface area contributed by atoms with Crippen molar-refractivity contribution in [2.75, 3.05) is 13.6 Å². The molecule has 0 aromatic rings. The van der Waals surface area contributed by atoms with Crippen molar-refractivity contribution >= 4 is 0 Å². The summed E-state index contributed by atoms with van der Waals surface area (Å²) in [6, 6.07) is 0. The molecule has 1 heteroatoms. The van der Waals surface area contributed by atoms with Gasteiger partial charge in [-0.05, 0) is 50.0 Å². The van der Waals surface area contributed by atoms with Crippen LogP contribution in [0.4, 0.5) is 0 Å². The van der Waals surface area contributed by atoms with Gasteiger partial charge in [-0.2, -0.15) is 0 Å². The molecule has 0 unspecified atom stereocenters. The van der Waals surface area contributed by atoms with Gasteiger partial charge < -0.3 is 5.32 Å². The van der Waals surface area contributed by atoms with Crippen LogP contribution in [0.25, 0.3) is 0 Å². The lowest BCUT2D eigenvalue weighted by atomic mass is 9.69. The van der Waals surface area contributed by atoms with Crippen LogP contribution in [0.15, 0.2) is 0 Å². The molecule has 0 bridgehead atoms. The molecule has 0 atom stereocenters. The van der Waals surface area contributed by atoms with E-state index in [1.54, 1.807) is 0 Å². The maximum atomic E-state index is 3.32. The van der Waals surface area contributed by atoms with E-state index in [4.69, 9.17) is 0 Å². The predicted molar refractivity (Wildman–Crippen MR) is 58.8 cm³/mol. The van der Waals surface area contributed by atoms with E-state index >= 15 is 0 Å². The van der Waals surface area contributed by atoms with E-state index in [9.17, 15) is 0 Å². The Morgan fingerprint density at radius 3 is 2.23 bits per heavy atom. The molecular weight excluding hydrogens is 158 g/mol. The maximum Gasteiger partial charge on any atom is 0.000216 e. The summed E-state index contributed by atoms with van der Waals surface area (Å²) in [6.07, 6.45) is 5.71. The van der Waals surface area contributed by atoms with E-state index in [1.165, 1.54) is 32.2 Å². The quantitative estimate of drug-likeness (QED) is 0.709. The van der Waals surface area contributed by atoms with Crippen LogP contribution in [0, 0.1) is 17.3 Å². The van der Waals surface area contributed by atoms with Crippen LogP contribution >= 0.6 is 0 Å². The van der Waals surface area contributed by atoms with E-state index in [0.717, 1.165) is 11.8 Å². The second-order valence-electron chi connectivity index (χ2n) is 5.42. The van der Waals surface area contributed by atoms with Gasteiger partial charge in [0.25, 0.3) is 0 Å². The number of hydrogen-bond acceptors (Lipinski definition) is 1. The fraction of sp³-hybridized carbons (Fsp3) is 1.00. The van der Waals surface area contributed by atoms with Crippen molar-refractivity contribution in [3.8, 4) is 0 Å². The van der Waals surface area contributed by atoms with Gasteiger partial charge in [0, 0.05) is 6.54 Å². The molecule has 78 valence electrons. The molecular formula is C12H25N. The minimum Gasteiger partial charge on any atom is -0.319 e. The van der Waals surface area contributed by atoms with Gasteiger partial charge in [0.05, 0.1) is 0 Å². The van der Waals surface area contributed by atoms with E-state index in [1.807, 2.05) is 0 Å². The molecule has 1 nitrogen and oxygen atoms in total. The van der Waals surface area contributed by atoms with Crippen LogP contribution < -0.4 is 5.32 Å². The zero-order chi connectivity index (χ0) is 9.90. The van der Waals surface area contributed by atoms with Crippen molar-refractivity contribution in [3.63, 3.8) is 0 Å². The third-order valence-corrected chi connectivity index (χ3v) is 3.78. The summed E-state index contributed by atoms with van der Waals surface area (Å²) in [6.45, 7) is 8.36. The molecule has 1 N–H and O–H groups in total. The van der Waals surface area contributed by atoms with Gasteiger partial charge in [0.2, 0.25) is 0 Å². The first-order valence-corrected chi connectivity index (χ1v) is 5.72. The first-order chi connectivity index (χ1) is 6.07. The van der Waals surface area contributed by atoms with E-state index < -0.39 is 0 Å². The van der Waals surface area contributed by atoms with E-state index in [2.05, 4.69) is 33.1 Å². The van der Waals surface area contributed by atoms with Gasteiger partial charge in [-0.3, -0.25) is 0 Å². The molecule has 0 radical (unpaired) electrons. The number of nitrogens with one attached hydrogen (secondary N) is 1. The molecule has 0 aromatic carbocycles. The first kappa shape index (κ1) is 11.0. The van der Waals surface area contributed by atoms with Gasteiger partial charge in [0.15, 0.2) is 0 Å². The Hall–Kier alpha value is -0.0400. The summed E-state index contributed by atoms with van der Waals surface area (Å²) in [7, 11) is 2.07. The van der Waals surface area contributed by atoms with Crippen LogP contribution in [-0.2, 0) is 0 Å². The third-order valence-electron chi connectivity index (χ3n) is 3.78. The second kappa shape index (κ2) is 4.45. The highest BCUT2D eigenvalue weighted by Gasteiger charge is 2.31. The van der Waals surface area contributed by atoms with E-state index in [0.29, 0.717) is 5.41 Å². The topological polar surface area (TPSA) is 12.0 Å². The molecule has 0 heterocycles. The van der Waals surface area contributed by atoms with Crippen LogP contribution in [-0.4, -0.2) is 13.6 Å². The summed E-state index contributed by atoms with van der Waals surface area (Å²) in [4.78, 5) is 0. The fourth-order valence-corrected chi connectivity index (χ4v) is 2.61. The molecule has 1 rings (SSSR count). The molecule has 0 saturated heterocycles. The number of rotatable bonds is 3. The van der Waals surface area contributed by atoms with Crippen LogP contribution in [0.5, 0.6) is 0 Å². The minimum absolute atomic E-state index is 0.583. The average Bonchev–Trinajstić information content (AvgIpc) is 2.05. The molecule has 1 fully saturated rings. The molecule has 0 aliphatic heterocycles. The van der Waals surface area contributed by atoms with E-state index in [-0.39, 0.29) is 0 Å². The lowest BCUT2D eigenvalue weighted by Gasteiger charge is -2.38. The van der Waals surface area contributed by atoms with Crippen LogP contribution in [0.1, 0.15) is 46.5 Å². The summed E-state index contributed by atoms with van der Waals surface area (Å²) in [5, 5.41) is 3.32. The van der Waals surface area contributed by atoms with Gasteiger partial charge >= 0.3 is 0 Å². The Morgan fingerprint density at radius 1 is 1.31 bits per heavy atom. The summed E-state index contributed by atoms with van der Waals surface area (Å²) in [5.74, 6) is 1.88. The maximum absolute atomic E-state index is 3.32. The van der Waals surface area contributed by atoms with Crippen molar-refractivity contribution in [2.24, 2.45) is 17.3 Å². The van der Waals surface area contributed by atoms with Crippen molar-refractivity contribution in [1.29, 1.82) is 0 Å². The van der Waals surface area contributed by atoms with Gasteiger partial charge in [0.1, 0.15) is 0 Å². The SMILES string of the molecule is CNCC1(C)CCC(C(C)C)CC1. The van der Waals surface area contributed by atoms with Crippen molar-refractivity contribution in [1.82, 2.24) is 5.32 Å². The molecule has 1 aliphatic carbocycles. The highest BCUT2D eigenvalue weighted by atomic mass is 14.8.